The van der Waals surface area contributed by atoms with Gasteiger partial charge in [0.15, 0.2) is 0 Å². The standard InChI is InChI=1S/C16H18FN3O3/c1-9(2)14(16(22)23)15(21)19-13-8-18-20(10(13)3)12-6-4-11(17)5-7-12/h4-9,14H,1-3H3,(H,19,21)(H,22,23). The number of carboxylic acids is 1. The van der Waals surface area contributed by atoms with Crippen molar-refractivity contribution in [3.8, 4) is 5.69 Å². The largest absolute Gasteiger partial charge is 0.481 e. The topological polar surface area (TPSA) is 84.2 Å². The van der Waals surface area contributed by atoms with Gasteiger partial charge in [-0.3, -0.25) is 9.59 Å². The monoisotopic (exact) mass is 319 g/mol. The first-order valence-corrected chi connectivity index (χ1v) is 7.15. The molecule has 0 radical (unpaired) electrons. The van der Waals surface area contributed by atoms with Crippen molar-refractivity contribution in [3.05, 3.63) is 42.0 Å². The highest BCUT2D eigenvalue weighted by molar-refractivity contribution is 6.04. The summed E-state index contributed by atoms with van der Waals surface area (Å²) in [6, 6.07) is 5.76. The van der Waals surface area contributed by atoms with Crippen LogP contribution in [0.25, 0.3) is 5.69 Å². The lowest BCUT2D eigenvalue weighted by Crippen LogP contribution is -2.33. The van der Waals surface area contributed by atoms with E-state index < -0.39 is 17.8 Å². The molecule has 1 amide bonds. The molecule has 1 atom stereocenters. The number of nitrogens with zero attached hydrogens (tertiary/aromatic N) is 2. The second-order valence-corrected chi connectivity index (χ2v) is 5.58. The van der Waals surface area contributed by atoms with Gasteiger partial charge in [-0.15, -0.1) is 0 Å². The highest BCUT2D eigenvalue weighted by atomic mass is 19.1. The highest BCUT2D eigenvalue weighted by Crippen LogP contribution is 2.21. The van der Waals surface area contributed by atoms with Crippen molar-refractivity contribution >= 4 is 17.6 Å². The molecule has 1 heterocycles. The summed E-state index contributed by atoms with van der Waals surface area (Å²) < 4.78 is 14.5. The van der Waals surface area contributed by atoms with E-state index in [0.717, 1.165) is 0 Å². The van der Waals surface area contributed by atoms with E-state index in [4.69, 9.17) is 5.11 Å². The Morgan fingerprint density at radius 3 is 2.39 bits per heavy atom. The van der Waals surface area contributed by atoms with E-state index in [0.29, 0.717) is 17.1 Å². The van der Waals surface area contributed by atoms with Crippen molar-refractivity contribution in [1.82, 2.24) is 9.78 Å². The Kier molecular flexibility index (Phi) is 4.78. The van der Waals surface area contributed by atoms with Gasteiger partial charge in [-0.1, -0.05) is 13.8 Å². The number of benzene rings is 1. The number of carbonyl (C=O) groups excluding carboxylic acids is 1. The summed E-state index contributed by atoms with van der Waals surface area (Å²) in [5, 5.41) is 15.9. The van der Waals surface area contributed by atoms with Crippen molar-refractivity contribution in [3.63, 3.8) is 0 Å². The first-order valence-electron chi connectivity index (χ1n) is 7.15. The molecule has 0 saturated heterocycles. The summed E-state index contributed by atoms with van der Waals surface area (Å²) in [5.41, 5.74) is 1.69. The zero-order chi connectivity index (χ0) is 17.1. The molecule has 7 heteroatoms. The Hall–Kier alpha value is -2.70. The second kappa shape index (κ2) is 6.60. The fourth-order valence-corrected chi connectivity index (χ4v) is 2.29. The van der Waals surface area contributed by atoms with Crippen molar-refractivity contribution in [2.75, 3.05) is 5.32 Å². The van der Waals surface area contributed by atoms with E-state index in [-0.39, 0.29) is 11.7 Å². The number of nitrogens with one attached hydrogen (secondary N) is 1. The maximum absolute atomic E-state index is 13.0. The average Bonchev–Trinajstić information content (AvgIpc) is 2.80. The molecule has 2 rings (SSSR count). The van der Waals surface area contributed by atoms with Crippen LogP contribution in [0.5, 0.6) is 0 Å². The lowest BCUT2D eigenvalue weighted by Gasteiger charge is -2.15. The van der Waals surface area contributed by atoms with Crippen LogP contribution in [-0.4, -0.2) is 26.8 Å². The number of amides is 1. The Bertz CT molecular complexity index is 723. The average molecular weight is 319 g/mol. The van der Waals surface area contributed by atoms with E-state index in [2.05, 4.69) is 10.4 Å². The Labute approximate surface area is 132 Å². The molecule has 23 heavy (non-hydrogen) atoms. The molecule has 0 aliphatic heterocycles. The first kappa shape index (κ1) is 16.7. The van der Waals surface area contributed by atoms with E-state index in [1.54, 1.807) is 37.6 Å². The van der Waals surface area contributed by atoms with E-state index in [9.17, 15) is 14.0 Å². The van der Waals surface area contributed by atoms with Crippen molar-refractivity contribution in [2.24, 2.45) is 11.8 Å². The quantitative estimate of drug-likeness (QED) is 0.830. The summed E-state index contributed by atoms with van der Waals surface area (Å²) in [5.74, 6) is -3.58. The van der Waals surface area contributed by atoms with Gasteiger partial charge < -0.3 is 10.4 Å². The fourth-order valence-electron chi connectivity index (χ4n) is 2.29. The summed E-state index contributed by atoms with van der Waals surface area (Å²) in [6.07, 6.45) is 1.44. The van der Waals surface area contributed by atoms with Gasteiger partial charge in [0.25, 0.3) is 0 Å². The summed E-state index contributed by atoms with van der Waals surface area (Å²) in [4.78, 5) is 23.4. The predicted octanol–water partition coefficient (Wildman–Crippen LogP) is 2.62. The SMILES string of the molecule is Cc1c(NC(=O)C(C(=O)O)C(C)C)cnn1-c1ccc(F)cc1. The minimum absolute atomic E-state index is 0.333. The van der Waals surface area contributed by atoms with Crippen LogP contribution in [0.3, 0.4) is 0 Å². The zero-order valence-corrected chi connectivity index (χ0v) is 13.1. The Morgan fingerprint density at radius 2 is 1.87 bits per heavy atom. The molecule has 2 aromatic rings. The molecule has 6 nitrogen and oxygen atoms in total. The number of aliphatic carboxylic acids is 1. The third-order valence-corrected chi connectivity index (χ3v) is 3.55. The van der Waals surface area contributed by atoms with Gasteiger partial charge in [0, 0.05) is 0 Å². The van der Waals surface area contributed by atoms with Gasteiger partial charge in [0.05, 0.1) is 23.3 Å². The van der Waals surface area contributed by atoms with Gasteiger partial charge in [0.1, 0.15) is 11.7 Å². The lowest BCUT2D eigenvalue weighted by atomic mass is 9.95. The molecule has 0 saturated carbocycles. The number of hydrogen-bond acceptors (Lipinski definition) is 3. The van der Waals surface area contributed by atoms with Crippen LogP contribution in [0, 0.1) is 24.6 Å². The van der Waals surface area contributed by atoms with Crippen LogP contribution in [0.1, 0.15) is 19.5 Å². The maximum atomic E-state index is 13.0. The molecule has 0 spiro atoms. The summed E-state index contributed by atoms with van der Waals surface area (Å²) in [6.45, 7) is 5.08. The number of halogens is 1. The predicted molar refractivity (Wildman–Crippen MR) is 82.9 cm³/mol. The molecule has 0 bridgehead atoms. The van der Waals surface area contributed by atoms with E-state index in [1.165, 1.54) is 18.3 Å². The van der Waals surface area contributed by atoms with Gasteiger partial charge in [-0.2, -0.15) is 5.10 Å². The van der Waals surface area contributed by atoms with Crippen LogP contribution in [-0.2, 0) is 9.59 Å². The number of carboxylic acid groups (broad SMARTS) is 1. The maximum Gasteiger partial charge on any atom is 0.316 e. The minimum atomic E-state index is -1.17. The van der Waals surface area contributed by atoms with Crippen LogP contribution >= 0.6 is 0 Å². The molecule has 0 aliphatic carbocycles. The normalized spacial score (nSPS) is 12.2. The first-order chi connectivity index (χ1) is 10.8. The second-order valence-electron chi connectivity index (χ2n) is 5.58. The van der Waals surface area contributed by atoms with Crippen molar-refractivity contribution in [2.45, 2.75) is 20.8 Å². The minimum Gasteiger partial charge on any atom is -0.481 e. The van der Waals surface area contributed by atoms with Crippen LogP contribution in [0.15, 0.2) is 30.5 Å². The molecule has 0 fully saturated rings. The summed E-state index contributed by atoms with van der Waals surface area (Å²) in [7, 11) is 0. The fraction of sp³-hybridized carbons (Fsp3) is 0.312. The third-order valence-electron chi connectivity index (χ3n) is 3.55. The number of carbonyl (C=O) groups is 2. The van der Waals surface area contributed by atoms with E-state index >= 15 is 0 Å². The van der Waals surface area contributed by atoms with Crippen molar-refractivity contribution in [1.29, 1.82) is 0 Å². The molecule has 2 N–H and O–H groups in total. The van der Waals surface area contributed by atoms with Crippen LogP contribution in [0.4, 0.5) is 10.1 Å². The third kappa shape index (κ3) is 3.56. The molecular weight excluding hydrogens is 301 g/mol. The highest BCUT2D eigenvalue weighted by Gasteiger charge is 2.30. The molecule has 1 aromatic carbocycles. The van der Waals surface area contributed by atoms with Gasteiger partial charge in [0.2, 0.25) is 5.91 Å². The van der Waals surface area contributed by atoms with Gasteiger partial charge in [-0.25, -0.2) is 9.07 Å². The number of aromatic nitrogens is 2. The van der Waals surface area contributed by atoms with E-state index in [1.807, 2.05) is 0 Å². The number of hydrogen-bond donors (Lipinski definition) is 2. The Balaban J connectivity index is 2.24. The smallest absolute Gasteiger partial charge is 0.316 e. The molecule has 1 unspecified atom stereocenters. The number of rotatable bonds is 5. The molecule has 0 aliphatic rings. The Morgan fingerprint density at radius 1 is 1.26 bits per heavy atom. The zero-order valence-electron chi connectivity index (χ0n) is 13.1. The molecule has 1 aromatic heterocycles. The van der Waals surface area contributed by atoms with Gasteiger partial charge in [-0.05, 0) is 37.1 Å². The van der Waals surface area contributed by atoms with Crippen LogP contribution < -0.4 is 5.32 Å². The number of anilines is 1. The van der Waals surface area contributed by atoms with Crippen LogP contribution in [0.2, 0.25) is 0 Å². The molecular formula is C16H18FN3O3. The van der Waals surface area contributed by atoms with Gasteiger partial charge >= 0.3 is 5.97 Å². The lowest BCUT2D eigenvalue weighted by molar-refractivity contribution is -0.147. The van der Waals surface area contributed by atoms with Crippen molar-refractivity contribution < 1.29 is 19.1 Å². The molecule has 122 valence electrons. The summed E-state index contributed by atoms with van der Waals surface area (Å²) >= 11 is 0.